The number of nitrogens with zero attached hydrogens (tertiary/aromatic N) is 1. The van der Waals surface area contributed by atoms with Gasteiger partial charge in [-0.2, -0.15) is 0 Å². The highest BCUT2D eigenvalue weighted by Gasteiger charge is 2.19. The van der Waals surface area contributed by atoms with Gasteiger partial charge in [-0.15, -0.1) is 0 Å². The first-order valence-corrected chi connectivity index (χ1v) is 9.17. The van der Waals surface area contributed by atoms with Crippen molar-refractivity contribution in [1.82, 2.24) is 4.90 Å². The fourth-order valence-corrected chi connectivity index (χ4v) is 3.36. The molecule has 1 aromatic rings. The SMILES string of the molecule is CC(C)(C)c1cc(Br)c(OCCN2CCCC2)c(/C=C/C(=O)O)c1. The van der Waals surface area contributed by atoms with Gasteiger partial charge in [0, 0.05) is 18.2 Å². The van der Waals surface area contributed by atoms with Crippen LogP contribution in [-0.2, 0) is 10.2 Å². The second kappa shape index (κ2) is 8.17. The molecule has 1 fully saturated rings. The topological polar surface area (TPSA) is 49.8 Å². The van der Waals surface area contributed by atoms with Crippen molar-refractivity contribution in [2.24, 2.45) is 0 Å². The maximum absolute atomic E-state index is 10.9. The Kier molecular flexibility index (Phi) is 6.47. The number of rotatable bonds is 6. The maximum atomic E-state index is 10.9. The van der Waals surface area contributed by atoms with E-state index in [4.69, 9.17) is 9.84 Å². The van der Waals surface area contributed by atoms with Gasteiger partial charge < -0.3 is 9.84 Å². The van der Waals surface area contributed by atoms with Gasteiger partial charge in [-0.05, 0) is 71.0 Å². The summed E-state index contributed by atoms with van der Waals surface area (Å²) in [6, 6.07) is 4.07. The summed E-state index contributed by atoms with van der Waals surface area (Å²) in [5.41, 5.74) is 1.90. The van der Waals surface area contributed by atoms with Crippen molar-refractivity contribution >= 4 is 28.0 Å². The number of likely N-dealkylation sites (tertiary alicyclic amines) is 1. The number of carbonyl (C=O) groups is 1. The normalized spacial score (nSPS) is 16.0. The predicted molar refractivity (Wildman–Crippen MR) is 101 cm³/mol. The van der Waals surface area contributed by atoms with Crippen LogP contribution >= 0.6 is 15.9 Å². The molecule has 24 heavy (non-hydrogen) atoms. The second-order valence-corrected chi connectivity index (χ2v) is 8.05. The Morgan fingerprint density at radius 2 is 2.00 bits per heavy atom. The van der Waals surface area contributed by atoms with Crippen LogP contribution in [0, 0.1) is 0 Å². The average Bonchev–Trinajstić information content (AvgIpc) is 2.99. The van der Waals surface area contributed by atoms with E-state index in [9.17, 15) is 4.79 Å². The van der Waals surface area contributed by atoms with E-state index in [0.29, 0.717) is 12.4 Å². The number of benzene rings is 1. The maximum Gasteiger partial charge on any atom is 0.328 e. The summed E-state index contributed by atoms with van der Waals surface area (Å²) >= 11 is 3.59. The van der Waals surface area contributed by atoms with E-state index >= 15 is 0 Å². The van der Waals surface area contributed by atoms with E-state index in [-0.39, 0.29) is 5.41 Å². The third-order valence-corrected chi connectivity index (χ3v) is 4.79. The molecule has 0 saturated carbocycles. The lowest BCUT2D eigenvalue weighted by molar-refractivity contribution is -0.131. The molecule has 0 radical (unpaired) electrons. The van der Waals surface area contributed by atoms with Gasteiger partial charge in [0.25, 0.3) is 0 Å². The molecule has 1 aliphatic heterocycles. The van der Waals surface area contributed by atoms with E-state index in [2.05, 4.69) is 47.7 Å². The van der Waals surface area contributed by atoms with Crippen LogP contribution in [-0.4, -0.2) is 42.2 Å². The fourth-order valence-electron chi connectivity index (χ4n) is 2.77. The highest BCUT2D eigenvalue weighted by atomic mass is 79.9. The molecule has 0 aromatic heterocycles. The summed E-state index contributed by atoms with van der Waals surface area (Å²) in [6.07, 6.45) is 5.28. The molecule has 5 heteroatoms. The molecule has 0 unspecified atom stereocenters. The van der Waals surface area contributed by atoms with Crippen LogP contribution in [0.4, 0.5) is 0 Å². The number of halogens is 1. The lowest BCUT2D eigenvalue weighted by atomic mass is 9.86. The van der Waals surface area contributed by atoms with Crippen LogP contribution in [0.2, 0.25) is 0 Å². The first kappa shape index (κ1) is 19.0. The first-order chi connectivity index (χ1) is 11.3. The zero-order chi connectivity index (χ0) is 17.7. The third kappa shape index (κ3) is 5.35. The van der Waals surface area contributed by atoms with Crippen LogP contribution in [0.3, 0.4) is 0 Å². The predicted octanol–water partition coefficient (Wildman–Crippen LogP) is 4.32. The monoisotopic (exact) mass is 395 g/mol. The van der Waals surface area contributed by atoms with Crippen LogP contribution in [0.1, 0.15) is 44.7 Å². The first-order valence-electron chi connectivity index (χ1n) is 8.37. The number of aliphatic carboxylic acids is 1. The fraction of sp³-hybridized carbons (Fsp3) is 0.526. The number of hydrogen-bond acceptors (Lipinski definition) is 3. The Labute approximate surface area is 152 Å². The van der Waals surface area contributed by atoms with Gasteiger partial charge >= 0.3 is 5.97 Å². The van der Waals surface area contributed by atoms with Crippen LogP contribution in [0.15, 0.2) is 22.7 Å². The van der Waals surface area contributed by atoms with E-state index in [1.807, 2.05) is 6.07 Å². The minimum absolute atomic E-state index is 0.0254. The summed E-state index contributed by atoms with van der Waals surface area (Å²) in [6.45, 7) is 10.2. The van der Waals surface area contributed by atoms with Crippen LogP contribution < -0.4 is 4.74 Å². The molecule has 0 spiro atoms. The number of hydrogen-bond donors (Lipinski definition) is 1. The molecule has 0 amide bonds. The van der Waals surface area contributed by atoms with Crippen LogP contribution in [0.25, 0.3) is 6.08 Å². The lowest BCUT2D eigenvalue weighted by Gasteiger charge is -2.22. The Morgan fingerprint density at radius 3 is 2.58 bits per heavy atom. The Morgan fingerprint density at radius 1 is 1.33 bits per heavy atom. The van der Waals surface area contributed by atoms with Gasteiger partial charge in [0.15, 0.2) is 0 Å². The zero-order valence-corrected chi connectivity index (χ0v) is 16.2. The highest BCUT2D eigenvalue weighted by molar-refractivity contribution is 9.10. The van der Waals surface area contributed by atoms with Gasteiger partial charge in [-0.25, -0.2) is 4.79 Å². The largest absolute Gasteiger partial charge is 0.490 e. The Bertz CT molecular complexity index is 614. The third-order valence-electron chi connectivity index (χ3n) is 4.20. The standard InChI is InChI=1S/C19H26BrNO3/c1-19(2,3)15-12-14(6-7-17(22)23)18(16(20)13-15)24-11-10-21-8-4-5-9-21/h6-7,12-13H,4-5,8-11H2,1-3H3,(H,22,23)/b7-6+. The lowest BCUT2D eigenvalue weighted by Crippen LogP contribution is -2.25. The summed E-state index contributed by atoms with van der Waals surface area (Å²) in [7, 11) is 0. The molecular weight excluding hydrogens is 370 g/mol. The highest BCUT2D eigenvalue weighted by Crippen LogP contribution is 2.36. The summed E-state index contributed by atoms with van der Waals surface area (Å²) in [5.74, 6) is -0.255. The van der Waals surface area contributed by atoms with E-state index in [1.165, 1.54) is 12.8 Å². The Balaban J connectivity index is 2.21. The van der Waals surface area contributed by atoms with Gasteiger partial charge in [-0.1, -0.05) is 20.8 Å². The quantitative estimate of drug-likeness (QED) is 0.728. The number of ether oxygens (including phenoxy) is 1. The van der Waals surface area contributed by atoms with Gasteiger partial charge in [0.05, 0.1) is 4.47 Å². The van der Waals surface area contributed by atoms with E-state index in [0.717, 1.165) is 41.3 Å². The number of carboxylic acid groups (broad SMARTS) is 1. The zero-order valence-electron chi connectivity index (χ0n) is 14.6. The van der Waals surface area contributed by atoms with E-state index < -0.39 is 5.97 Å². The molecule has 1 saturated heterocycles. The van der Waals surface area contributed by atoms with Crippen molar-refractivity contribution in [3.05, 3.63) is 33.8 Å². The van der Waals surface area contributed by atoms with Crippen molar-refractivity contribution in [2.75, 3.05) is 26.2 Å². The molecule has 0 aliphatic carbocycles. The molecule has 1 aromatic carbocycles. The molecular formula is C19H26BrNO3. The molecule has 2 rings (SSSR count). The minimum atomic E-state index is -0.963. The average molecular weight is 396 g/mol. The molecule has 0 atom stereocenters. The smallest absolute Gasteiger partial charge is 0.328 e. The van der Waals surface area contributed by atoms with Gasteiger partial charge in [0.1, 0.15) is 12.4 Å². The second-order valence-electron chi connectivity index (χ2n) is 7.20. The van der Waals surface area contributed by atoms with Crippen molar-refractivity contribution < 1.29 is 14.6 Å². The summed E-state index contributed by atoms with van der Waals surface area (Å²) in [5, 5.41) is 8.94. The molecule has 4 nitrogen and oxygen atoms in total. The van der Waals surface area contributed by atoms with E-state index in [1.54, 1.807) is 6.08 Å². The molecule has 0 bridgehead atoms. The minimum Gasteiger partial charge on any atom is -0.490 e. The molecule has 132 valence electrons. The molecule has 1 aliphatic rings. The molecule has 1 N–H and O–H groups in total. The summed E-state index contributed by atoms with van der Waals surface area (Å²) in [4.78, 5) is 13.3. The van der Waals surface area contributed by atoms with Crippen molar-refractivity contribution in [1.29, 1.82) is 0 Å². The van der Waals surface area contributed by atoms with Crippen molar-refractivity contribution in [3.8, 4) is 5.75 Å². The van der Waals surface area contributed by atoms with Crippen LogP contribution in [0.5, 0.6) is 5.75 Å². The van der Waals surface area contributed by atoms with Crippen molar-refractivity contribution in [2.45, 2.75) is 39.0 Å². The van der Waals surface area contributed by atoms with Gasteiger partial charge in [0.2, 0.25) is 0 Å². The number of carboxylic acids is 1. The Hall–Kier alpha value is -1.33. The van der Waals surface area contributed by atoms with Crippen molar-refractivity contribution in [3.63, 3.8) is 0 Å². The molecule has 1 heterocycles. The van der Waals surface area contributed by atoms with Gasteiger partial charge in [-0.3, -0.25) is 4.90 Å². The summed E-state index contributed by atoms with van der Waals surface area (Å²) < 4.78 is 6.86.